The van der Waals surface area contributed by atoms with E-state index in [1.165, 1.54) is 0 Å². The Balaban J connectivity index is 4.15. The SMILES string of the molecule is CCCC(NC(=O)CC[C@H](NC(=O)COCCOCCNC(=O)CC[C@H](NC(=O)CCCNC(=O)C(=O)O)C(=O)O)C(=O)O)C(=O)O. The lowest BCUT2D eigenvalue weighted by atomic mass is 10.1. The minimum atomic E-state index is -1.67. The van der Waals surface area contributed by atoms with E-state index in [2.05, 4.69) is 26.6 Å². The van der Waals surface area contributed by atoms with E-state index in [0.717, 1.165) is 0 Å². The van der Waals surface area contributed by atoms with Crippen molar-refractivity contribution in [1.29, 1.82) is 0 Å². The van der Waals surface area contributed by atoms with Crippen LogP contribution in [0.4, 0.5) is 0 Å². The number of nitrogens with one attached hydrogen (secondary N) is 5. The zero-order valence-electron chi connectivity index (χ0n) is 25.9. The lowest BCUT2D eigenvalue weighted by Gasteiger charge is -2.16. The summed E-state index contributed by atoms with van der Waals surface area (Å²) in [7, 11) is 0. The van der Waals surface area contributed by atoms with E-state index in [-0.39, 0.29) is 77.9 Å². The van der Waals surface area contributed by atoms with Gasteiger partial charge in [-0.15, -0.1) is 0 Å². The second-order valence-corrected chi connectivity index (χ2v) is 9.92. The van der Waals surface area contributed by atoms with Gasteiger partial charge in [0, 0.05) is 32.4 Å². The number of carbonyl (C=O) groups excluding carboxylic acids is 5. The van der Waals surface area contributed by atoms with Gasteiger partial charge in [0.25, 0.3) is 0 Å². The summed E-state index contributed by atoms with van der Waals surface area (Å²) < 4.78 is 10.4. The molecule has 0 fully saturated rings. The smallest absolute Gasteiger partial charge is 0.394 e. The zero-order valence-corrected chi connectivity index (χ0v) is 25.9. The highest BCUT2D eigenvalue weighted by Gasteiger charge is 2.24. The summed E-state index contributed by atoms with van der Waals surface area (Å²) in [5.41, 5.74) is 0. The van der Waals surface area contributed by atoms with Crippen molar-refractivity contribution in [3.05, 3.63) is 0 Å². The van der Waals surface area contributed by atoms with Crippen LogP contribution in [0, 0.1) is 0 Å². The summed E-state index contributed by atoms with van der Waals surface area (Å²) in [5.74, 6) is -9.45. The van der Waals surface area contributed by atoms with Crippen LogP contribution in [-0.4, -0.2) is 131 Å². The number of amides is 5. The molecular formula is C27H43N5O15. The standard InChI is InChI=1S/C27H43N5O15/c1-2-4-16(24(38)39)30-21(35)9-7-18(26(42)43)32-22(36)15-47-14-13-46-12-11-28-19(33)8-6-17(25(40)41)31-20(34)5-3-10-29-23(37)27(44)45/h16-18H,2-15H2,1H3,(H,28,33)(H,29,37)(H,30,35)(H,31,34)(H,32,36)(H,38,39)(H,40,41)(H,42,43)(H,44,45)/t16?,17-,18-/m0/s1. The summed E-state index contributed by atoms with van der Waals surface area (Å²) in [6, 6.07) is -3.84. The zero-order chi connectivity index (χ0) is 35.8. The number of carboxylic acids is 4. The molecule has 3 atom stereocenters. The Hall–Kier alpha value is -4.85. The average Bonchev–Trinajstić information content (AvgIpc) is 2.99. The second-order valence-electron chi connectivity index (χ2n) is 9.92. The molecule has 0 aliphatic rings. The van der Waals surface area contributed by atoms with E-state index in [0.29, 0.717) is 6.42 Å². The first-order valence-corrected chi connectivity index (χ1v) is 14.7. The van der Waals surface area contributed by atoms with Gasteiger partial charge in [-0.1, -0.05) is 13.3 Å². The molecule has 0 rings (SSSR count). The Labute approximate surface area is 269 Å². The predicted molar refractivity (Wildman–Crippen MR) is 157 cm³/mol. The van der Waals surface area contributed by atoms with Gasteiger partial charge >= 0.3 is 29.8 Å². The van der Waals surface area contributed by atoms with Crippen molar-refractivity contribution < 1.29 is 73.1 Å². The molecule has 20 heteroatoms. The van der Waals surface area contributed by atoms with Gasteiger partial charge in [0.1, 0.15) is 24.7 Å². The Kier molecular flexibility index (Phi) is 21.9. The molecule has 1 unspecified atom stereocenters. The van der Waals surface area contributed by atoms with Crippen LogP contribution in [0.2, 0.25) is 0 Å². The first-order valence-electron chi connectivity index (χ1n) is 14.7. The summed E-state index contributed by atoms with van der Waals surface area (Å²) in [5, 5.41) is 47.4. The molecule has 0 saturated carbocycles. The predicted octanol–water partition coefficient (Wildman–Crippen LogP) is -2.81. The third kappa shape index (κ3) is 21.5. The highest BCUT2D eigenvalue weighted by Crippen LogP contribution is 2.03. The Bertz CT molecular complexity index is 1100. The van der Waals surface area contributed by atoms with Gasteiger partial charge in [-0.2, -0.15) is 0 Å². The van der Waals surface area contributed by atoms with Crippen LogP contribution in [-0.2, 0) is 52.6 Å². The molecule has 0 radical (unpaired) electrons. The maximum absolute atomic E-state index is 12.0. The van der Waals surface area contributed by atoms with Gasteiger partial charge in [-0.25, -0.2) is 19.2 Å². The van der Waals surface area contributed by atoms with Crippen molar-refractivity contribution in [3.8, 4) is 0 Å². The molecule has 0 saturated heterocycles. The van der Waals surface area contributed by atoms with Crippen molar-refractivity contribution in [2.45, 2.75) is 76.4 Å². The second kappa shape index (κ2) is 24.4. The molecule has 0 heterocycles. The van der Waals surface area contributed by atoms with Crippen LogP contribution in [0.5, 0.6) is 0 Å². The maximum atomic E-state index is 12.0. The molecule has 5 amide bonds. The van der Waals surface area contributed by atoms with Crippen LogP contribution >= 0.6 is 0 Å². The van der Waals surface area contributed by atoms with E-state index >= 15 is 0 Å². The van der Waals surface area contributed by atoms with Crippen LogP contribution < -0.4 is 26.6 Å². The molecule has 0 aliphatic carbocycles. The number of hydrogen-bond acceptors (Lipinski definition) is 11. The van der Waals surface area contributed by atoms with E-state index in [1.807, 2.05) is 0 Å². The van der Waals surface area contributed by atoms with Crippen LogP contribution in [0.1, 0.15) is 58.3 Å². The highest BCUT2D eigenvalue weighted by molar-refractivity contribution is 6.31. The molecular weight excluding hydrogens is 634 g/mol. The molecule has 47 heavy (non-hydrogen) atoms. The number of aliphatic carboxylic acids is 4. The lowest BCUT2D eigenvalue weighted by Crippen LogP contribution is -2.44. The maximum Gasteiger partial charge on any atom is 0.394 e. The molecule has 20 nitrogen and oxygen atoms in total. The van der Waals surface area contributed by atoms with Gasteiger partial charge in [0.2, 0.25) is 23.6 Å². The fourth-order valence-electron chi connectivity index (χ4n) is 3.64. The third-order valence-electron chi connectivity index (χ3n) is 6.03. The fraction of sp³-hybridized carbons (Fsp3) is 0.667. The molecule has 0 aromatic heterocycles. The molecule has 0 bridgehead atoms. The highest BCUT2D eigenvalue weighted by atomic mass is 16.5. The van der Waals surface area contributed by atoms with Crippen LogP contribution in [0.15, 0.2) is 0 Å². The molecule has 0 aromatic carbocycles. The largest absolute Gasteiger partial charge is 0.480 e. The quantitative estimate of drug-likeness (QED) is 0.0329. The van der Waals surface area contributed by atoms with E-state index in [9.17, 15) is 53.4 Å². The Morgan fingerprint density at radius 1 is 0.553 bits per heavy atom. The van der Waals surface area contributed by atoms with E-state index < -0.39 is 78.1 Å². The van der Waals surface area contributed by atoms with Crippen molar-refractivity contribution in [3.63, 3.8) is 0 Å². The number of carbonyl (C=O) groups is 9. The van der Waals surface area contributed by atoms with Gasteiger partial charge in [-0.05, 0) is 25.7 Å². The molecule has 0 spiro atoms. The fourth-order valence-corrected chi connectivity index (χ4v) is 3.64. The molecule has 0 aliphatic heterocycles. The van der Waals surface area contributed by atoms with Crippen molar-refractivity contribution >= 4 is 53.4 Å². The number of hydrogen-bond donors (Lipinski definition) is 9. The summed E-state index contributed by atoms with van der Waals surface area (Å²) in [4.78, 5) is 103. The van der Waals surface area contributed by atoms with Gasteiger partial charge < -0.3 is 56.5 Å². The Morgan fingerprint density at radius 3 is 1.57 bits per heavy atom. The number of ether oxygens (including phenoxy) is 2. The van der Waals surface area contributed by atoms with Crippen molar-refractivity contribution in [1.82, 2.24) is 26.6 Å². The first kappa shape index (κ1) is 42.1. The van der Waals surface area contributed by atoms with Gasteiger partial charge in [0.15, 0.2) is 0 Å². The van der Waals surface area contributed by atoms with Crippen molar-refractivity contribution in [2.75, 3.05) is 39.5 Å². The molecule has 9 N–H and O–H groups in total. The van der Waals surface area contributed by atoms with Crippen LogP contribution in [0.3, 0.4) is 0 Å². The number of carboxylic acid groups (broad SMARTS) is 4. The molecule has 0 aromatic rings. The summed E-state index contributed by atoms with van der Waals surface area (Å²) in [6.07, 6.45) is -0.418. The lowest BCUT2D eigenvalue weighted by molar-refractivity contribution is -0.150. The minimum absolute atomic E-state index is 0.0152. The van der Waals surface area contributed by atoms with E-state index in [1.54, 1.807) is 6.92 Å². The Morgan fingerprint density at radius 2 is 1.04 bits per heavy atom. The topological polar surface area (TPSA) is 313 Å². The summed E-state index contributed by atoms with van der Waals surface area (Å²) >= 11 is 0. The van der Waals surface area contributed by atoms with Crippen molar-refractivity contribution in [2.24, 2.45) is 0 Å². The minimum Gasteiger partial charge on any atom is -0.480 e. The third-order valence-corrected chi connectivity index (χ3v) is 6.03. The van der Waals surface area contributed by atoms with Gasteiger partial charge in [-0.3, -0.25) is 24.0 Å². The first-order chi connectivity index (χ1) is 22.2. The molecule has 266 valence electrons. The normalized spacial score (nSPS) is 12.4. The van der Waals surface area contributed by atoms with E-state index in [4.69, 9.17) is 19.7 Å². The monoisotopic (exact) mass is 677 g/mol. The number of rotatable bonds is 26. The van der Waals surface area contributed by atoms with Crippen LogP contribution in [0.25, 0.3) is 0 Å². The average molecular weight is 678 g/mol. The van der Waals surface area contributed by atoms with Gasteiger partial charge in [0.05, 0.1) is 19.8 Å². The summed E-state index contributed by atoms with van der Waals surface area (Å²) in [6.45, 7) is 1.21.